The van der Waals surface area contributed by atoms with E-state index in [1.54, 1.807) is 25.1 Å². The van der Waals surface area contributed by atoms with Crippen LogP contribution in [-0.2, 0) is 16.5 Å². The summed E-state index contributed by atoms with van der Waals surface area (Å²) in [5, 5.41) is 11.1. The maximum Gasteiger partial charge on any atom is 0.417 e. The fourth-order valence-corrected chi connectivity index (χ4v) is 4.86. The zero-order chi connectivity index (χ0) is 24.0. The van der Waals surface area contributed by atoms with E-state index in [1.807, 2.05) is 17.5 Å². The monoisotopic (exact) mass is 469 g/mol. The Balaban J connectivity index is 1.81. The zero-order valence-electron chi connectivity index (χ0n) is 17.6. The van der Waals surface area contributed by atoms with Gasteiger partial charge in [-0.25, -0.2) is 4.99 Å². The summed E-state index contributed by atoms with van der Waals surface area (Å²) in [6, 6.07) is 13.2. The summed E-state index contributed by atoms with van der Waals surface area (Å²) in [5.41, 5.74) is 6.25. The van der Waals surface area contributed by atoms with Crippen molar-refractivity contribution in [3.63, 3.8) is 0 Å². The topological polar surface area (TPSA) is 95.4 Å². The van der Waals surface area contributed by atoms with Crippen molar-refractivity contribution in [3.05, 3.63) is 75.7 Å². The van der Waals surface area contributed by atoms with Crippen molar-refractivity contribution in [2.45, 2.75) is 24.6 Å². The number of benzene rings is 1. The van der Waals surface area contributed by atoms with Crippen LogP contribution in [-0.4, -0.2) is 28.8 Å². The number of carbonyl (C=O) groups excluding carboxylic acids is 1. The number of nitriles is 1. The van der Waals surface area contributed by atoms with Gasteiger partial charge < -0.3 is 5.73 Å². The molecule has 1 amide bonds. The Morgan fingerprint density at radius 1 is 1.21 bits per heavy atom. The molecule has 0 spiro atoms. The Hall–Kier alpha value is -3.71. The molecular formula is C23H18F3N5OS. The highest BCUT2D eigenvalue weighted by Crippen LogP contribution is 2.46. The van der Waals surface area contributed by atoms with Gasteiger partial charge in [-0.05, 0) is 53.8 Å². The zero-order valence-corrected chi connectivity index (χ0v) is 18.4. The molecular weight excluding hydrogens is 451 g/mol. The Bertz CT molecular complexity index is 1290. The number of guanidine groups is 1. The van der Waals surface area contributed by atoms with Crippen LogP contribution in [0.4, 0.5) is 13.2 Å². The molecule has 168 valence electrons. The van der Waals surface area contributed by atoms with Crippen molar-refractivity contribution < 1.29 is 18.0 Å². The number of carbonyl (C=O) groups is 1. The van der Waals surface area contributed by atoms with Crippen molar-refractivity contribution >= 4 is 23.2 Å². The minimum absolute atomic E-state index is 0.00656. The number of alkyl halides is 3. The van der Waals surface area contributed by atoms with Gasteiger partial charge in [-0.3, -0.25) is 14.7 Å². The molecule has 0 bridgehead atoms. The van der Waals surface area contributed by atoms with Gasteiger partial charge >= 0.3 is 6.18 Å². The standard InChI is InChI=1S/C23H18F3N5OS/c1-22(18-9-15(12-33-18)14-5-3-4-13(8-14)10-27)19(20(32)31(2)21(28)30-22)17-7-6-16(11-29-17)23(24,25)26/h3-9,11-12,19H,1-2H3,(H2,28,30)/t19-,22+/m0/s1. The van der Waals surface area contributed by atoms with Crippen molar-refractivity contribution in [1.82, 2.24) is 9.88 Å². The van der Waals surface area contributed by atoms with E-state index < -0.39 is 29.1 Å². The second-order valence-electron chi connectivity index (χ2n) is 7.81. The molecule has 2 N–H and O–H groups in total. The van der Waals surface area contributed by atoms with Crippen molar-refractivity contribution in [3.8, 4) is 17.2 Å². The number of hydrogen-bond donors (Lipinski definition) is 1. The van der Waals surface area contributed by atoms with Gasteiger partial charge in [0, 0.05) is 18.1 Å². The average molecular weight is 469 g/mol. The number of aromatic nitrogens is 1. The van der Waals surface area contributed by atoms with Gasteiger partial charge in [-0.2, -0.15) is 18.4 Å². The molecule has 0 radical (unpaired) electrons. The Kier molecular flexibility index (Phi) is 5.46. The fourth-order valence-electron chi connectivity index (χ4n) is 3.80. The molecule has 3 heterocycles. The smallest absolute Gasteiger partial charge is 0.369 e. The molecule has 0 aliphatic carbocycles. The number of aliphatic imine (C=N–C) groups is 1. The first-order chi connectivity index (χ1) is 15.5. The van der Waals surface area contributed by atoms with Gasteiger partial charge in [0.2, 0.25) is 5.91 Å². The molecule has 2 aromatic heterocycles. The van der Waals surface area contributed by atoms with Crippen LogP contribution in [0, 0.1) is 11.3 Å². The number of hydrogen-bond acceptors (Lipinski definition) is 6. The number of likely N-dealkylation sites (N-methyl/N-ethyl adjacent to an activating group) is 1. The molecule has 0 unspecified atom stereocenters. The van der Waals surface area contributed by atoms with Gasteiger partial charge in [0.05, 0.1) is 22.9 Å². The first kappa shape index (κ1) is 22.5. The summed E-state index contributed by atoms with van der Waals surface area (Å²) in [4.78, 5) is 23.7. The Morgan fingerprint density at radius 3 is 2.61 bits per heavy atom. The molecule has 1 aliphatic heterocycles. The first-order valence-corrected chi connectivity index (χ1v) is 10.7. The van der Waals surface area contributed by atoms with Crippen LogP contribution < -0.4 is 5.73 Å². The lowest BCUT2D eigenvalue weighted by atomic mass is 9.79. The van der Waals surface area contributed by atoms with Crippen molar-refractivity contribution in [1.29, 1.82) is 5.26 Å². The van der Waals surface area contributed by atoms with E-state index in [0.717, 1.165) is 23.4 Å². The van der Waals surface area contributed by atoms with Crippen LogP contribution in [0.2, 0.25) is 0 Å². The number of nitrogens with two attached hydrogens (primary N) is 1. The summed E-state index contributed by atoms with van der Waals surface area (Å²) >= 11 is 1.35. The third-order valence-corrected chi connectivity index (χ3v) is 6.82. The Labute approximate surface area is 191 Å². The third kappa shape index (κ3) is 3.96. The van der Waals surface area contributed by atoms with E-state index in [9.17, 15) is 23.2 Å². The maximum atomic E-state index is 13.2. The summed E-state index contributed by atoms with van der Waals surface area (Å²) in [5.74, 6) is -1.39. The van der Waals surface area contributed by atoms with Gasteiger partial charge in [0.1, 0.15) is 11.5 Å². The normalized spacial score (nSPS) is 21.0. The van der Waals surface area contributed by atoms with Crippen LogP contribution >= 0.6 is 11.3 Å². The number of pyridine rings is 1. The summed E-state index contributed by atoms with van der Waals surface area (Å²) < 4.78 is 39.0. The van der Waals surface area contributed by atoms with Crippen LogP contribution in [0.15, 0.2) is 59.0 Å². The van der Waals surface area contributed by atoms with E-state index >= 15 is 0 Å². The molecule has 0 saturated carbocycles. The molecule has 6 nitrogen and oxygen atoms in total. The number of halogens is 3. The predicted octanol–water partition coefficient (Wildman–Crippen LogP) is 4.49. The molecule has 33 heavy (non-hydrogen) atoms. The van der Waals surface area contributed by atoms with E-state index in [1.165, 1.54) is 29.4 Å². The van der Waals surface area contributed by atoms with E-state index in [4.69, 9.17) is 5.73 Å². The lowest BCUT2D eigenvalue weighted by Gasteiger charge is -2.39. The molecule has 10 heteroatoms. The molecule has 4 rings (SSSR count). The lowest BCUT2D eigenvalue weighted by Crippen LogP contribution is -2.52. The number of amides is 1. The quantitative estimate of drug-likeness (QED) is 0.612. The van der Waals surface area contributed by atoms with Crippen molar-refractivity contribution in [2.75, 3.05) is 7.05 Å². The van der Waals surface area contributed by atoms with E-state index in [-0.39, 0.29) is 11.7 Å². The molecule has 3 aromatic rings. The average Bonchev–Trinajstić information content (AvgIpc) is 3.29. The highest BCUT2D eigenvalue weighted by Gasteiger charge is 2.49. The highest BCUT2D eigenvalue weighted by molar-refractivity contribution is 7.10. The number of thiophene rings is 1. The van der Waals surface area contributed by atoms with Crippen LogP contribution in [0.3, 0.4) is 0 Å². The fraction of sp³-hybridized carbons (Fsp3) is 0.217. The first-order valence-electron chi connectivity index (χ1n) is 9.80. The van der Waals surface area contributed by atoms with Crippen LogP contribution in [0.25, 0.3) is 11.1 Å². The SMILES string of the molecule is CN1C(=O)[C@H](c2ccc(C(F)(F)F)cn2)[C@@](C)(c2cc(-c3cccc(C#N)c3)cs2)N=C1N. The van der Waals surface area contributed by atoms with Crippen molar-refractivity contribution in [2.24, 2.45) is 10.7 Å². The molecule has 2 atom stereocenters. The second-order valence-corrected chi connectivity index (χ2v) is 8.72. The third-order valence-electron chi connectivity index (χ3n) is 5.66. The van der Waals surface area contributed by atoms with Gasteiger partial charge in [-0.1, -0.05) is 12.1 Å². The van der Waals surface area contributed by atoms with Gasteiger partial charge in [0.15, 0.2) is 5.96 Å². The predicted molar refractivity (Wildman–Crippen MR) is 118 cm³/mol. The number of nitrogens with zero attached hydrogens (tertiary/aromatic N) is 4. The minimum Gasteiger partial charge on any atom is -0.369 e. The highest BCUT2D eigenvalue weighted by atomic mass is 32.1. The van der Waals surface area contributed by atoms with Gasteiger partial charge in [0.25, 0.3) is 0 Å². The number of rotatable bonds is 3. The largest absolute Gasteiger partial charge is 0.417 e. The summed E-state index contributed by atoms with van der Waals surface area (Å²) in [7, 11) is 1.46. The molecule has 0 fully saturated rings. The minimum atomic E-state index is -4.54. The lowest BCUT2D eigenvalue weighted by molar-refractivity contribution is -0.137. The Morgan fingerprint density at radius 2 is 1.97 bits per heavy atom. The van der Waals surface area contributed by atoms with Crippen LogP contribution in [0.1, 0.15) is 34.5 Å². The van der Waals surface area contributed by atoms with Gasteiger partial charge in [-0.15, -0.1) is 11.3 Å². The molecule has 1 aromatic carbocycles. The van der Waals surface area contributed by atoms with E-state index in [2.05, 4.69) is 16.0 Å². The summed E-state index contributed by atoms with van der Waals surface area (Å²) in [6.45, 7) is 1.72. The molecule has 1 aliphatic rings. The van der Waals surface area contributed by atoms with Crippen LogP contribution in [0.5, 0.6) is 0 Å². The summed E-state index contributed by atoms with van der Waals surface area (Å²) in [6.07, 6.45) is -3.82. The second kappa shape index (κ2) is 8.01. The van der Waals surface area contributed by atoms with E-state index in [0.29, 0.717) is 10.4 Å². The molecule has 0 saturated heterocycles. The maximum absolute atomic E-state index is 13.2.